The van der Waals surface area contributed by atoms with Crippen molar-refractivity contribution in [2.75, 3.05) is 13.1 Å². The van der Waals surface area contributed by atoms with Gasteiger partial charge in [-0.05, 0) is 30.5 Å². The number of imidazole rings is 1. The molecule has 4 rings (SSSR count). The van der Waals surface area contributed by atoms with E-state index >= 15 is 0 Å². The third kappa shape index (κ3) is 3.65. The highest BCUT2D eigenvalue weighted by atomic mass is 16.2. The second-order valence-electron chi connectivity index (χ2n) is 7.03. The molecule has 27 heavy (non-hydrogen) atoms. The maximum atomic E-state index is 12.6. The molecule has 0 bridgehead atoms. The van der Waals surface area contributed by atoms with E-state index in [1.54, 1.807) is 0 Å². The summed E-state index contributed by atoms with van der Waals surface area (Å²) in [7, 11) is 0. The number of rotatable bonds is 5. The molecule has 1 aliphatic heterocycles. The Morgan fingerprint density at radius 1 is 1.22 bits per heavy atom. The molecule has 2 amide bonds. The zero-order valence-corrected chi connectivity index (χ0v) is 15.6. The van der Waals surface area contributed by atoms with Gasteiger partial charge in [-0.15, -0.1) is 0 Å². The molecule has 1 atom stereocenters. The number of aryl methyl sites for hydroxylation is 1. The van der Waals surface area contributed by atoms with E-state index in [2.05, 4.69) is 21.8 Å². The predicted octanol–water partition coefficient (Wildman–Crippen LogP) is 3.54. The zero-order chi connectivity index (χ0) is 18.6. The van der Waals surface area contributed by atoms with Crippen LogP contribution in [0.1, 0.15) is 37.2 Å². The van der Waals surface area contributed by atoms with Gasteiger partial charge in [0.05, 0.1) is 6.04 Å². The average molecular weight is 363 g/mol. The van der Waals surface area contributed by atoms with Crippen LogP contribution >= 0.6 is 0 Å². The molecule has 6 heteroatoms. The molecule has 0 saturated carbocycles. The fraction of sp³-hybridized carbons (Fsp3) is 0.381. The third-order valence-corrected chi connectivity index (χ3v) is 5.10. The summed E-state index contributed by atoms with van der Waals surface area (Å²) in [6.07, 6.45) is 4.71. The Hall–Kier alpha value is -2.89. The fourth-order valence-corrected chi connectivity index (χ4v) is 3.78. The smallest absolute Gasteiger partial charge is 0.317 e. The largest absolute Gasteiger partial charge is 0.334 e. The summed E-state index contributed by atoms with van der Waals surface area (Å²) in [5.41, 5.74) is 2.97. The summed E-state index contributed by atoms with van der Waals surface area (Å²) in [4.78, 5) is 23.8. The van der Waals surface area contributed by atoms with Gasteiger partial charge in [-0.25, -0.2) is 14.8 Å². The van der Waals surface area contributed by atoms with Crippen LogP contribution in [0, 0.1) is 0 Å². The lowest BCUT2D eigenvalue weighted by molar-refractivity contribution is 0.206. The molecule has 0 aliphatic carbocycles. The first-order chi connectivity index (χ1) is 13.3. The molecule has 0 radical (unpaired) electrons. The van der Waals surface area contributed by atoms with Crippen LogP contribution in [-0.2, 0) is 13.0 Å². The number of pyridine rings is 1. The van der Waals surface area contributed by atoms with E-state index in [0.29, 0.717) is 13.1 Å². The SMILES string of the molecule is CCCc1nc2cccnc2n1C1CCN(C(=O)NCc2ccccc2)C1. The highest BCUT2D eigenvalue weighted by Crippen LogP contribution is 2.27. The zero-order valence-electron chi connectivity index (χ0n) is 15.6. The molecule has 1 fully saturated rings. The van der Waals surface area contributed by atoms with Crippen LogP contribution in [0.4, 0.5) is 4.79 Å². The van der Waals surface area contributed by atoms with E-state index in [1.807, 2.05) is 53.6 Å². The Morgan fingerprint density at radius 3 is 2.89 bits per heavy atom. The number of hydrogen-bond donors (Lipinski definition) is 1. The molecule has 3 heterocycles. The first-order valence-corrected chi connectivity index (χ1v) is 9.64. The lowest BCUT2D eigenvalue weighted by atomic mass is 10.2. The fourth-order valence-electron chi connectivity index (χ4n) is 3.78. The number of nitrogens with one attached hydrogen (secondary N) is 1. The first-order valence-electron chi connectivity index (χ1n) is 9.64. The highest BCUT2D eigenvalue weighted by molar-refractivity contribution is 5.75. The molecule has 1 aliphatic rings. The van der Waals surface area contributed by atoms with Crippen LogP contribution < -0.4 is 5.32 Å². The molecular weight excluding hydrogens is 338 g/mol. The molecule has 140 valence electrons. The van der Waals surface area contributed by atoms with Gasteiger partial charge < -0.3 is 14.8 Å². The topological polar surface area (TPSA) is 63.1 Å². The minimum Gasteiger partial charge on any atom is -0.334 e. The molecule has 2 aromatic heterocycles. The number of benzene rings is 1. The predicted molar refractivity (Wildman–Crippen MR) is 105 cm³/mol. The van der Waals surface area contributed by atoms with E-state index in [1.165, 1.54) is 0 Å². The van der Waals surface area contributed by atoms with Gasteiger partial charge >= 0.3 is 6.03 Å². The van der Waals surface area contributed by atoms with E-state index in [0.717, 1.165) is 48.4 Å². The van der Waals surface area contributed by atoms with Crippen LogP contribution in [0.25, 0.3) is 11.2 Å². The monoisotopic (exact) mass is 363 g/mol. The van der Waals surface area contributed by atoms with E-state index in [4.69, 9.17) is 4.98 Å². The van der Waals surface area contributed by atoms with E-state index < -0.39 is 0 Å². The Morgan fingerprint density at radius 2 is 2.07 bits per heavy atom. The molecule has 3 aromatic rings. The van der Waals surface area contributed by atoms with Gasteiger partial charge in [0.1, 0.15) is 11.3 Å². The van der Waals surface area contributed by atoms with E-state index in [9.17, 15) is 4.79 Å². The summed E-state index contributed by atoms with van der Waals surface area (Å²) in [6.45, 7) is 4.16. The number of amides is 2. The second-order valence-corrected chi connectivity index (χ2v) is 7.03. The Labute approximate surface area is 159 Å². The average Bonchev–Trinajstić information content (AvgIpc) is 3.31. The summed E-state index contributed by atoms with van der Waals surface area (Å²) >= 11 is 0. The molecule has 0 spiro atoms. The highest BCUT2D eigenvalue weighted by Gasteiger charge is 2.30. The summed E-state index contributed by atoms with van der Waals surface area (Å²) in [5, 5.41) is 3.03. The van der Waals surface area contributed by atoms with Crippen molar-refractivity contribution in [1.82, 2.24) is 24.8 Å². The number of carbonyl (C=O) groups excluding carboxylic acids is 1. The minimum atomic E-state index is -0.00391. The Bertz CT molecular complexity index is 921. The minimum absolute atomic E-state index is 0.00391. The van der Waals surface area contributed by atoms with Crippen LogP contribution in [-0.4, -0.2) is 38.6 Å². The first kappa shape index (κ1) is 17.5. The summed E-state index contributed by atoms with van der Waals surface area (Å²) in [5.74, 6) is 1.07. The van der Waals surface area contributed by atoms with Crippen molar-refractivity contribution in [3.8, 4) is 0 Å². The van der Waals surface area contributed by atoms with Crippen LogP contribution in [0.3, 0.4) is 0 Å². The lowest BCUT2D eigenvalue weighted by Gasteiger charge is -2.19. The quantitative estimate of drug-likeness (QED) is 0.754. The Kier molecular flexibility index (Phi) is 5.05. The van der Waals surface area contributed by atoms with Crippen molar-refractivity contribution in [2.45, 2.75) is 38.8 Å². The van der Waals surface area contributed by atoms with Gasteiger partial charge in [-0.3, -0.25) is 0 Å². The van der Waals surface area contributed by atoms with Gasteiger partial charge in [-0.1, -0.05) is 37.3 Å². The van der Waals surface area contributed by atoms with Crippen molar-refractivity contribution in [1.29, 1.82) is 0 Å². The normalized spacial score (nSPS) is 16.8. The van der Waals surface area contributed by atoms with Crippen LogP contribution in [0.15, 0.2) is 48.7 Å². The van der Waals surface area contributed by atoms with Gasteiger partial charge in [0.25, 0.3) is 0 Å². The van der Waals surface area contributed by atoms with Gasteiger partial charge in [0.2, 0.25) is 0 Å². The molecule has 6 nitrogen and oxygen atoms in total. The van der Waals surface area contributed by atoms with Crippen molar-refractivity contribution >= 4 is 17.2 Å². The standard InChI is InChI=1S/C21H25N5O/c1-2-7-19-24-18-10-6-12-22-20(18)26(19)17-11-13-25(15-17)21(27)23-14-16-8-4-3-5-9-16/h3-6,8-10,12,17H,2,7,11,13-15H2,1H3,(H,23,27). The number of aromatic nitrogens is 3. The summed E-state index contributed by atoms with van der Waals surface area (Å²) < 4.78 is 2.25. The Balaban J connectivity index is 1.47. The van der Waals surface area contributed by atoms with Crippen LogP contribution in [0.5, 0.6) is 0 Å². The maximum absolute atomic E-state index is 12.6. The second kappa shape index (κ2) is 7.78. The lowest BCUT2D eigenvalue weighted by Crippen LogP contribution is -2.38. The number of hydrogen-bond acceptors (Lipinski definition) is 3. The number of likely N-dealkylation sites (tertiary alicyclic amines) is 1. The number of nitrogens with zero attached hydrogens (tertiary/aromatic N) is 4. The summed E-state index contributed by atoms with van der Waals surface area (Å²) in [6, 6.07) is 14.2. The number of urea groups is 1. The molecule has 1 aromatic carbocycles. The maximum Gasteiger partial charge on any atom is 0.317 e. The van der Waals surface area contributed by atoms with Crippen molar-refractivity contribution < 1.29 is 4.79 Å². The van der Waals surface area contributed by atoms with Gasteiger partial charge in [0, 0.05) is 32.3 Å². The van der Waals surface area contributed by atoms with Crippen molar-refractivity contribution in [2.24, 2.45) is 0 Å². The molecule has 1 saturated heterocycles. The van der Waals surface area contributed by atoms with Gasteiger partial charge in [0.15, 0.2) is 5.65 Å². The molecule has 1 N–H and O–H groups in total. The number of fused-ring (bicyclic) bond motifs is 1. The third-order valence-electron chi connectivity index (χ3n) is 5.10. The van der Waals surface area contributed by atoms with Crippen molar-refractivity contribution in [3.05, 3.63) is 60.0 Å². The van der Waals surface area contributed by atoms with E-state index in [-0.39, 0.29) is 12.1 Å². The van der Waals surface area contributed by atoms with Crippen molar-refractivity contribution in [3.63, 3.8) is 0 Å². The number of carbonyl (C=O) groups is 1. The van der Waals surface area contributed by atoms with Crippen LogP contribution in [0.2, 0.25) is 0 Å². The molecular formula is C21H25N5O. The molecule has 1 unspecified atom stereocenters. The van der Waals surface area contributed by atoms with Gasteiger partial charge in [-0.2, -0.15) is 0 Å².